The number of hydrogen-bond donors (Lipinski definition) is 1. The smallest absolute Gasteiger partial charge is 0.358 e. The highest BCUT2D eigenvalue weighted by Crippen LogP contribution is 2.21. The Kier molecular flexibility index (Phi) is 3.65. The quantitative estimate of drug-likeness (QED) is 0.862. The number of ether oxygens (including phenoxy) is 1. The van der Waals surface area contributed by atoms with Crippen molar-refractivity contribution in [3.8, 4) is 0 Å². The summed E-state index contributed by atoms with van der Waals surface area (Å²) in [6, 6.07) is 3.44. The molecule has 1 N–H and O–H groups in total. The maximum absolute atomic E-state index is 13.4. The van der Waals surface area contributed by atoms with Crippen molar-refractivity contribution in [1.82, 2.24) is 9.97 Å². The van der Waals surface area contributed by atoms with Crippen LogP contribution < -0.4 is 5.32 Å². The summed E-state index contributed by atoms with van der Waals surface area (Å²) < 4.78 is 31.3. The Bertz CT molecular complexity index is 599. The minimum absolute atomic E-state index is 0.0342. The molecule has 0 unspecified atom stereocenters. The summed E-state index contributed by atoms with van der Waals surface area (Å²) in [4.78, 5) is 18.8. The lowest BCUT2D eigenvalue weighted by atomic mass is 10.3. The molecule has 98 valence electrons. The highest BCUT2D eigenvalue weighted by molar-refractivity contribution is 5.87. The molecule has 1 aromatic carbocycles. The number of carbonyl (C=O) groups is 1. The first-order chi connectivity index (χ1) is 9.11. The molecule has 1 heterocycles. The number of rotatable bonds is 3. The number of nitrogens with one attached hydrogen (secondary N) is 1. The lowest BCUT2D eigenvalue weighted by Crippen LogP contribution is -2.07. The fraction of sp³-hybridized carbons (Fsp3) is 0.0833. The second-order valence-corrected chi connectivity index (χ2v) is 3.50. The molecule has 0 saturated carbocycles. The first-order valence-electron chi connectivity index (χ1n) is 5.23. The predicted molar refractivity (Wildman–Crippen MR) is 63.0 cm³/mol. The van der Waals surface area contributed by atoms with Crippen molar-refractivity contribution in [2.45, 2.75) is 0 Å². The Labute approximate surface area is 107 Å². The van der Waals surface area contributed by atoms with Crippen molar-refractivity contribution >= 4 is 17.5 Å². The molecule has 0 atom stereocenters. The number of benzene rings is 1. The van der Waals surface area contributed by atoms with Crippen LogP contribution in [0.2, 0.25) is 0 Å². The van der Waals surface area contributed by atoms with E-state index < -0.39 is 17.6 Å². The third-order valence-corrected chi connectivity index (χ3v) is 2.24. The number of esters is 1. The van der Waals surface area contributed by atoms with Crippen LogP contribution in [0, 0.1) is 11.6 Å². The van der Waals surface area contributed by atoms with Crippen LogP contribution in [0.4, 0.5) is 20.3 Å². The topological polar surface area (TPSA) is 64.1 Å². The highest BCUT2D eigenvalue weighted by atomic mass is 19.1. The molecule has 0 aliphatic carbocycles. The van der Waals surface area contributed by atoms with Crippen LogP contribution in [0.1, 0.15) is 10.5 Å². The van der Waals surface area contributed by atoms with Crippen molar-refractivity contribution in [2.75, 3.05) is 12.4 Å². The molecule has 5 nitrogen and oxygen atoms in total. The van der Waals surface area contributed by atoms with Crippen LogP contribution in [0.5, 0.6) is 0 Å². The van der Waals surface area contributed by atoms with Crippen molar-refractivity contribution in [1.29, 1.82) is 0 Å². The standard InChI is InChI=1S/C12H9F2N3O2/c1-19-12(18)9-5-15-6-10(16-9)17-11-7(13)3-2-4-8(11)14/h2-6H,1H3,(H,16,17). The van der Waals surface area contributed by atoms with Gasteiger partial charge in [-0.05, 0) is 12.1 Å². The molecular weight excluding hydrogens is 256 g/mol. The lowest BCUT2D eigenvalue weighted by Gasteiger charge is -2.08. The Morgan fingerprint density at radius 2 is 1.95 bits per heavy atom. The van der Waals surface area contributed by atoms with Gasteiger partial charge in [0, 0.05) is 0 Å². The molecule has 1 aromatic heterocycles. The number of anilines is 2. The van der Waals surface area contributed by atoms with Crippen LogP contribution in [-0.2, 0) is 4.74 Å². The maximum Gasteiger partial charge on any atom is 0.358 e. The van der Waals surface area contributed by atoms with E-state index in [1.807, 2.05) is 0 Å². The Morgan fingerprint density at radius 1 is 1.26 bits per heavy atom. The van der Waals surface area contributed by atoms with E-state index in [1.165, 1.54) is 25.6 Å². The minimum atomic E-state index is -0.773. The number of para-hydroxylation sites is 1. The van der Waals surface area contributed by atoms with Gasteiger partial charge >= 0.3 is 5.97 Å². The van der Waals surface area contributed by atoms with E-state index in [2.05, 4.69) is 20.0 Å². The normalized spacial score (nSPS) is 10.1. The van der Waals surface area contributed by atoms with E-state index in [-0.39, 0.29) is 17.2 Å². The zero-order valence-corrected chi connectivity index (χ0v) is 9.85. The molecule has 2 aromatic rings. The second kappa shape index (κ2) is 5.38. The third-order valence-electron chi connectivity index (χ3n) is 2.24. The number of aromatic nitrogens is 2. The van der Waals surface area contributed by atoms with E-state index in [4.69, 9.17) is 0 Å². The van der Waals surface area contributed by atoms with Crippen LogP contribution in [-0.4, -0.2) is 23.0 Å². The first kappa shape index (κ1) is 12.9. The summed E-state index contributed by atoms with van der Waals surface area (Å²) in [5.74, 6) is -2.20. The molecule has 2 rings (SSSR count). The SMILES string of the molecule is COC(=O)c1cncc(Nc2c(F)cccc2F)n1. The van der Waals surface area contributed by atoms with Gasteiger partial charge in [0.15, 0.2) is 5.69 Å². The molecule has 0 spiro atoms. The van der Waals surface area contributed by atoms with Crippen LogP contribution >= 0.6 is 0 Å². The van der Waals surface area contributed by atoms with Gasteiger partial charge in [-0.2, -0.15) is 0 Å². The van der Waals surface area contributed by atoms with E-state index >= 15 is 0 Å². The largest absolute Gasteiger partial charge is 0.464 e. The first-order valence-corrected chi connectivity index (χ1v) is 5.23. The number of halogens is 2. The molecule has 0 bridgehead atoms. The van der Waals surface area contributed by atoms with Crippen molar-refractivity contribution in [3.63, 3.8) is 0 Å². The van der Waals surface area contributed by atoms with Gasteiger partial charge in [0.1, 0.15) is 23.1 Å². The van der Waals surface area contributed by atoms with Gasteiger partial charge in [-0.1, -0.05) is 6.07 Å². The van der Waals surface area contributed by atoms with Crippen molar-refractivity contribution in [2.24, 2.45) is 0 Å². The number of nitrogens with zero attached hydrogens (tertiary/aromatic N) is 2. The summed E-state index contributed by atoms with van der Waals surface area (Å²) in [5.41, 5.74) is -0.428. The zero-order valence-electron chi connectivity index (χ0n) is 9.85. The second-order valence-electron chi connectivity index (χ2n) is 3.50. The summed E-state index contributed by atoms with van der Waals surface area (Å²) in [5, 5.41) is 2.43. The lowest BCUT2D eigenvalue weighted by molar-refractivity contribution is 0.0593. The van der Waals surface area contributed by atoms with Gasteiger partial charge in [0.05, 0.1) is 19.5 Å². The van der Waals surface area contributed by atoms with Gasteiger partial charge in [0.2, 0.25) is 0 Å². The summed E-state index contributed by atoms with van der Waals surface area (Å²) in [6.07, 6.45) is 2.42. The number of carbonyl (C=O) groups excluding carboxylic acids is 1. The van der Waals surface area contributed by atoms with Crippen molar-refractivity contribution < 1.29 is 18.3 Å². The fourth-order valence-electron chi connectivity index (χ4n) is 1.37. The van der Waals surface area contributed by atoms with E-state index in [1.54, 1.807) is 0 Å². The molecule has 0 saturated heterocycles. The summed E-state index contributed by atoms with van der Waals surface area (Å²) in [6.45, 7) is 0. The fourth-order valence-corrected chi connectivity index (χ4v) is 1.37. The molecule has 0 aliphatic heterocycles. The highest BCUT2D eigenvalue weighted by Gasteiger charge is 2.12. The molecule has 7 heteroatoms. The molecule has 19 heavy (non-hydrogen) atoms. The Balaban J connectivity index is 2.31. The number of methoxy groups -OCH3 is 1. The van der Waals surface area contributed by atoms with Gasteiger partial charge in [-0.25, -0.2) is 18.6 Å². The van der Waals surface area contributed by atoms with Gasteiger partial charge in [-0.15, -0.1) is 0 Å². The Hall–Kier alpha value is -2.57. The molecular formula is C12H9F2N3O2. The van der Waals surface area contributed by atoms with Gasteiger partial charge in [0.25, 0.3) is 0 Å². The van der Waals surface area contributed by atoms with E-state index in [0.29, 0.717) is 0 Å². The maximum atomic E-state index is 13.4. The van der Waals surface area contributed by atoms with Crippen LogP contribution in [0.15, 0.2) is 30.6 Å². The summed E-state index contributed by atoms with van der Waals surface area (Å²) >= 11 is 0. The van der Waals surface area contributed by atoms with Crippen molar-refractivity contribution in [3.05, 3.63) is 47.9 Å². The minimum Gasteiger partial charge on any atom is -0.464 e. The third kappa shape index (κ3) is 2.82. The van der Waals surface area contributed by atoms with Crippen LogP contribution in [0.25, 0.3) is 0 Å². The predicted octanol–water partition coefficient (Wildman–Crippen LogP) is 2.29. The Morgan fingerprint density at radius 3 is 2.58 bits per heavy atom. The number of hydrogen-bond acceptors (Lipinski definition) is 5. The van der Waals surface area contributed by atoms with E-state index in [9.17, 15) is 13.6 Å². The van der Waals surface area contributed by atoms with Gasteiger partial charge in [-0.3, -0.25) is 4.98 Å². The van der Waals surface area contributed by atoms with Crippen LogP contribution in [0.3, 0.4) is 0 Å². The average Bonchev–Trinajstić information content (AvgIpc) is 2.42. The van der Waals surface area contributed by atoms with E-state index in [0.717, 1.165) is 12.1 Å². The summed E-state index contributed by atoms with van der Waals surface area (Å²) in [7, 11) is 1.20. The molecule has 0 radical (unpaired) electrons. The van der Waals surface area contributed by atoms with Gasteiger partial charge < -0.3 is 10.1 Å². The average molecular weight is 265 g/mol. The monoisotopic (exact) mass is 265 g/mol. The molecule has 0 amide bonds. The molecule has 0 aliphatic rings. The zero-order chi connectivity index (χ0) is 13.8. The molecule has 0 fully saturated rings.